The molecule has 98 valence electrons. The molecule has 1 aromatic carbocycles. The van der Waals surface area contributed by atoms with Crippen LogP contribution < -0.4 is 5.32 Å². The first-order valence-corrected chi connectivity index (χ1v) is 6.70. The van der Waals surface area contributed by atoms with E-state index in [1.807, 2.05) is 0 Å². The van der Waals surface area contributed by atoms with Crippen molar-refractivity contribution in [2.75, 3.05) is 5.32 Å². The van der Waals surface area contributed by atoms with Gasteiger partial charge in [0.25, 0.3) is 5.69 Å². The number of hydrogen-bond acceptors (Lipinski definition) is 3. The highest BCUT2D eigenvalue weighted by Gasteiger charge is 2.26. The lowest BCUT2D eigenvalue weighted by Crippen LogP contribution is -2.23. The van der Waals surface area contributed by atoms with Crippen molar-refractivity contribution in [1.82, 2.24) is 0 Å². The minimum Gasteiger partial charge on any atom is -0.381 e. The van der Waals surface area contributed by atoms with Crippen molar-refractivity contribution in [2.24, 2.45) is 5.92 Å². The fourth-order valence-corrected chi connectivity index (χ4v) is 2.82. The maximum Gasteiger partial charge on any atom is 0.271 e. The maximum absolute atomic E-state index is 10.8. The number of anilines is 1. The zero-order chi connectivity index (χ0) is 13.1. The van der Waals surface area contributed by atoms with Gasteiger partial charge in [0.1, 0.15) is 0 Å². The Morgan fingerprint density at radius 3 is 2.94 bits per heavy atom. The third-order valence-corrected chi connectivity index (χ3v) is 4.01. The predicted octanol–water partition coefficient (Wildman–Crippen LogP) is 4.24. The van der Waals surface area contributed by atoms with Gasteiger partial charge < -0.3 is 5.32 Å². The van der Waals surface area contributed by atoms with E-state index >= 15 is 0 Å². The van der Waals surface area contributed by atoms with Crippen LogP contribution in [0.2, 0.25) is 5.02 Å². The maximum atomic E-state index is 10.8. The number of non-ortho nitro benzene ring substituents is 1. The van der Waals surface area contributed by atoms with Crippen molar-refractivity contribution >= 4 is 23.0 Å². The molecule has 2 unspecified atom stereocenters. The Morgan fingerprint density at radius 2 is 2.28 bits per heavy atom. The van der Waals surface area contributed by atoms with Crippen LogP contribution in [-0.2, 0) is 0 Å². The molecule has 18 heavy (non-hydrogen) atoms. The van der Waals surface area contributed by atoms with Crippen molar-refractivity contribution in [2.45, 2.75) is 38.6 Å². The van der Waals surface area contributed by atoms with E-state index in [-0.39, 0.29) is 5.69 Å². The van der Waals surface area contributed by atoms with E-state index < -0.39 is 4.92 Å². The van der Waals surface area contributed by atoms with Crippen LogP contribution in [0.3, 0.4) is 0 Å². The normalized spacial score (nSPS) is 23.0. The van der Waals surface area contributed by atoms with Gasteiger partial charge in [-0.15, -0.1) is 0 Å². The van der Waals surface area contributed by atoms with Crippen molar-refractivity contribution in [3.8, 4) is 0 Å². The van der Waals surface area contributed by atoms with Crippen LogP contribution in [0.4, 0.5) is 11.4 Å². The number of nitro benzene ring substituents is 1. The van der Waals surface area contributed by atoms with Crippen LogP contribution in [0.5, 0.6) is 0 Å². The number of nitro groups is 1. The molecule has 0 amide bonds. The van der Waals surface area contributed by atoms with E-state index in [1.54, 1.807) is 6.07 Å². The second-order valence-electron chi connectivity index (χ2n) is 4.77. The average Bonchev–Trinajstić information content (AvgIpc) is 2.79. The summed E-state index contributed by atoms with van der Waals surface area (Å²) in [5, 5.41) is 14.7. The summed E-state index contributed by atoms with van der Waals surface area (Å²) in [6.45, 7) is 2.18. The summed E-state index contributed by atoms with van der Waals surface area (Å²) < 4.78 is 0. The quantitative estimate of drug-likeness (QED) is 0.656. The third kappa shape index (κ3) is 2.75. The van der Waals surface area contributed by atoms with Crippen molar-refractivity contribution < 1.29 is 4.92 Å². The van der Waals surface area contributed by atoms with Crippen molar-refractivity contribution in [3.05, 3.63) is 33.3 Å². The highest BCUT2D eigenvalue weighted by molar-refractivity contribution is 6.33. The molecule has 2 rings (SSSR count). The summed E-state index contributed by atoms with van der Waals surface area (Å²) in [6.07, 6.45) is 4.67. The standard InChI is InChI=1S/C13H17ClN2O2/c1-2-9-4-3-5-12(9)15-13-8-10(16(17)18)6-7-11(13)14/h6-9,12,15H,2-5H2,1H3. The van der Waals surface area contributed by atoms with Crippen LogP contribution >= 0.6 is 11.6 Å². The lowest BCUT2D eigenvalue weighted by molar-refractivity contribution is -0.384. The van der Waals surface area contributed by atoms with E-state index in [9.17, 15) is 10.1 Å². The number of rotatable bonds is 4. The van der Waals surface area contributed by atoms with Gasteiger partial charge in [0.05, 0.1) is 15.6 Å². The zero-order valence-corrected chi connectivity index (χ0v) is 11.1. The van der Waals surface area contributed by atoms with Gasteiger partial charge in [0.2, 0.25) is 0 Å². The minimum absolute atomic E-state index is 0.0768. The summed E-state index contributed by atoms with van der Waals surface area (Å²) >= 11 is 6.09. The molecule has 1 fully saturated rings. The van der Waals surface area contributed by atoms with Crippen LogP contribution in [0.15, 0.2) is 18.2 Å². The summed E-state index contributed by atoms with van der Waals surface area (Å²) in [6, 6.07) is 4.92. The number of benzene rings is 1. The van der Waals surface area contributed by atoms with Gasteiger partial charge in [-0.1, -0.05) is 31.4 Å². The molecular formula is C13H17ClN2O2. The van der Waals surface area contributed by atoms with E-state index in [0.29, 0.717) is 22.7 Å². The first-order chi connectivity index (χ1) is 8.61. The van der Waals surface area contributed by atoms with Gasteiger partial charge in [0.15, 0.2) is 0 Å². The van der Waals surface area contributed by atoms with Gasteiger partial charge in [-0.05, 0) is 24.8 Å². The van der Waals surface area contributed by atoms with Crippen LogP contribution in [0, 0.1) is 16.0 Å². The second kappa shape index (κ2) is 5.57. The number of nitrogens with zero attached hydrogens (tertiary/aromatic N) is 1. The lowest BCUT2D eigenvalue weighted by Gasteiger charge is -2.21. The predicted molar refractivity (Wildman–Crippen MR) is 73.1 cm³/mol. The SMILES string of the molecule is CCC1CCCC1Nc1cc([N+](=O)[O-])ccc1Cl. The Balaban J connectivity index is 2.17. The molecule has 0 radical (unpaired) electrons. The van der Waals surface area contributed by atoms with Crippen molar-refractivity contribution in [3.63, 3.8) is 0 Å². The lowest BCUT2D eigenvalue weighted by atomic mass is 10.0. The Bertz CT molecular complexity index is 451. The molecule has 0 saturated heterocycles. The fourth-order valence-electron chi connectivity index (χ4n) is 2.65. The average molecular weight is 269 g/mol. The molecule has 5 heteroatoms. The first kappa shape index (κ1) is 13.1. The molecule has 0 aromatic heterocycles. The largest absolute Gasteiger partial charge is 0.381 e. The molecule has 0 bridgehead atoms. The first-order valence-electron chi connectivity index (χ1n) is 6.32. The summed E-state index contributed by atoms with van der Waals surface area (Å²) in [5.74, 6) is 0.639. The van der Waals surface area contributed by atoms with Gasteiger partial charge in [-0.25, -0.2) is 0 Å². The van der Waals surface area contributed by atoms with Crippen LogP contribution in [0.25, 0.3) is 0 Å². The zero-order valence-electron chi connectivity index (χ0n) is 10.4. The van der Waals surface area contributed by atoms with E-state index in [0.717, 1.165) is 12.8 Å². The summed E-state index contributed by atoms with van der Waals surface area (Å²) in [4.78, 5) is 10.4. The van der Waals surface area contributed by atoms with Gasteiger partial charge in [-0.2, -0.15) is 0 Å². The molecule has 2 atom stereocenters. The van der Waals surface area contributed by atoms with Crippen molar-refractivity contribution in [1.29, 1.82) is 0 Å². The second-order valence-corrected chi connectivity index (χ2v) is 5.18. The molecular weight excluding hydrogens is 252 g/mol. The topological polar surface area (TPSA) is 55.2 Å². The molecule has 4 nitrogen and oxygen atoms in total. The van der Waals surface area contributed by atoms with E-state index in [2.05, 4.69) is 12.2 Å². The molecule has 1 aliphatic rings. The van der Waals surface area contributed by atoms with Gasteiger partial charge >= 0.3 is 0 Å². The Labute approximate surface area is 111 Å². The molecule has 1 aliphatic carbocycles. The Hall–Kier alpha value is -1.29. The molecule has 1 aromatic rings. The highest BCUT2D eigenvalue weighted by atomic mass is 35.5. The summed E-state index contributed by atoms with van der Waals surface area (Å²) in [7, 11) is 0. The summed E-state index contributed by atoms with van der Waals surface area (Å²) in [5.41, 5.74) is 0.754. The third-order valence-electron chi connectivity index (χ3n) is 3.69. The van der Waals surface area contributed by atoms with E-state index in [4.69, 9.17) is 11.6 Å². The fraction of sp³-hybridized carbons (Fsp3) is 0.538. The molecule has 1 saturated carbocycles. The van der Waals surface area contributed by atoms with E-state index in [1.165, 1.54) is 25.0 Å². The number of halogens is 1. The Morgan fingerprint density at radius 1 is 1.50 bits per heavy atom. The number of hydrogen-bond donors (Lipinski definition) is 1. The Kier molecular flexibility index (Phi) is 4.07. The molecule has 1 N–H and O–H groups in total. The smallest absolute Gasteiger partial charge is 0.271 e. The number of nitrogens with one attached hydrogen (secondary N) is 1. The van der Waals surface area contributed by atoms with Gasteiger partial charge in [0, 0.05) is 18.2 Å². The van der Waals surface area contributed by atoms with Gasteiger partial charge in [-0.3, -0.25) is 10.1 Å². The monoisotopic (exact) mass is 268 g/mol. The van der Waals surface area contributed by atoms with Crippen LogP contribution in [0.1, 0.15) is 32.6 Å². The molecule has 0 heterocycles. The minimum atomic E-state index is -0.395. The molecule has 0 spiro atoms. The van der Waals surface area contributed by atoms with Crippen LogP contribution in [-0.4, -0.2) is 11.0 Å². The highest BCUT2D eigenvalue weighted by Crippen LogP contribution is 2.34. The molecule has 0 aliphatic heterocycles.